The summed E-state index contributed by atoms with van der Waals surface area (Å²) >= 11 is 0. The number of carbonyl (C=O) groups is 2. The van der Waals surface area contributed by atoms with Gasteiger partial charge in [-0.3, -0.25) is 9.59 Å². The molecule has 1 unspecified atom stereocenters. The van der Waals surface area contributed by atoms with Gasteiger partial charge in [0.05, 0.1) is 16.2 Å². The van der Waals surface area contributed by atoms with Crippen LogP contribution in [0.15, 0.2) is 59.5 Å². The lowest BCUT2D eigenvalue weighted by Crippen LogP contribution is -2.44. The van der Waals surface area contributed by atoms with Crippen molar-refractivity contribution < 1.29 is 18.0 Å². The van der Waals surface area contributed by atoms with E-state index in [1.807, 2.05) is 30.3 Å². The van der Waals surface area contributed by atoms with Crippen molar-refractivity contribution in [2.75, 3.05) is 5.75 Å². The normalized spacial score (nSPS) is 12.2. The lowest BCUT2D eigenvalue weighted by molar-refractivity contribution is -0.122. The molecule has 0 radical (unpaired) electrons. The molecule has 0 bridgehead atoms. The Morgan fingerprint density at radius 1 is 1.00 bits per heavy atom. The van der Waals surface area contributed by atoms with Crippen molar-refractivity contribution in [2.24, 2.45) is 0 Å². The molecule has 0 saturated carbocycles. The predicted molar refractivity (Wildman–Crippen MR) is 104 cm³/mol. The van der Waals surface area contributed by atoms with Gasteiger partial charge in [0.2, 0.25) is 5.91 Å². The fourth-order valence-corrected chi connectivity index (χ4v) is 4.12. The van der Waals surface area contributed by atoms with Crippen LogP contribution in [0.25, 0.3) is 0 Å². The zero-order valence-electron chi connectivity index (χ0n) is 15.4. The van der Waals surface area contributed by atoms with E-state index in [-0.39, 0.29) is 22.1 Å². The molecular weight excluding hydrogens is 364 g/mol. The van der Waals surface area contributed by atoms with Crippen LogP contribution in [0.4, 0.5) is 0 Å². The minimum Gasteiger partial charge on any atom is -0.350 e. The second-order valence-corrected chi connectivity index (χ2v) is 8.29. The smallest absolute Gasteiger partial charge is 0.253 e. The van der Waals surface area contributed by atoms with Crippen molar-refractivity contribution in [3.05, 3.63) is 65.7 Å². The Hall–Kier alpha value is -2.67. The molecule has 0 heterocycles. The second kappa shape index (κ2) is 9.32. The number of sulfone groups is 1. The van der Waals surface area contributed by atoms with Crippen molar-refractivity contribution >= 4 is 21.7 Å². The Kier molecular flexibility index (Phi) is 7.12. The molecule has 0 saturated heterocycles. The third-order valence-electron chi connectivity index (χ3n) is 3.99. The summed E-state index contributed by atoms with van der Waals surface area (Å²) in [6.45, 7) is 3.67. The average Bonchev–Trinajstić information content (AvgIpc) is 2.66. The van der Waals surface area contributed by atoms with Gasteiger partial charge in [0.15, 0.2) is 9.84 Å². The number of benzene rings is 2. The third kappa shape index (κ3) is 5.65. The van der Waals surface area contributed by atoms with Crippen molar-refractivity contribution in [1.82, 2.24) is 10.6 Å². The average molecular weight is 388 g/mol. The van der Waals surface area contributed by atoms with Crippen LogP contribution in [0.1, 0.15) is 36.2 Å². The van der Waals surface area contributed by atoms with Gasteiger partial charge >= 0.3 is 0 Å². The quantitative estimate of drug-likeness (QED) is 0.726. The highest BCUT2D eigenvalue weighted by Gasteiger charge is 2.23. The van der Waals surface area contributed by atoms with Gasteiger partial charge in [-0.1, -0.05) is 49.4 Å². The SMILES string of the molecule is CCCS(=O)(=O)c1ccccc1C(=O)NC(C)C(=O)NCc1ccccc1. The van der Waals surface area contributed by atoms with Crippen LogP contribution in [-0.2, 0) is 21.2 Å². The van der Waals surface area contributed by atoms with E-state index in [1.54, 1.807) is 26.0 Å². The van der Waals surface area contributed by atoms with E-state index in [0.717, 1.165) is 5.56 Å². The molecule has 0 aliphatic carbocycles. The number of amides is 2. The maximum atomic E-state index is 12.5. The number of rotatable bonds is 8. The molecule has 6 nitrogen and oxygen atoms in total. The van der Waals surface area contributed by atoms with E-state index < -0.39 is 21.8 Å². The Bertz CT molecular complexity index is 895. The molecule has 2 aromatic carbocycles. The molecule has 0 aliphatic rings. The number of hydrogen-bond acceptors (Lipinski definition) is 4. The lowest BCUT2D eigenvalue weighted by Gasteiger charge is -2.16. The minimum atomic E-state index is -3.55. The summed E-state index contributed by atoms with van der Waals surface area (Å²) in [5, 5.41) is 5.32. The molecule has 2 N–H and O–H groups in total. The maximum Gasteiger partial charge on any atom is 0.253 e. The van der Waals surface area contributed by atoms with Crippen LogP contribution >= 0.6 is 0 Å². The summed E-state index contributed by atoms with van der Waals surface area (Å²) in [4.78, 5) is 24.8. The molecule has 2 amide bonds. The van der Waals surface area contributed by atoms with Crippen LogP contribution in [-0.4, -0.2) is 32.0 Å². The predicted octanol–water partition coefficient (Wildman–Crippen LogP) is 2.30. The Morgan fingerprint density at radius 2 is 1.63 bits per heavy atom. The Labute approximate surface area is 159 Å². The first-order valence-corrected chi connectivity index (χ1v) is 10.4. The highest BCUT2D eigenvalue weighted by molar-refractivity contribution is 7.91. The molecule has 0 aromatic heterocycles. The first-order chi connectivity index (χ1) is 12.8. The standard InChI is InChI=1S/C20H24N2O4S/c1-3-13-27(25,26)18-12-8-7-11-17(18)20(24)22-15(2)19(23)21-14-16-9-5-4-6-10-16/h4-12,15H,3,13-14H2,1-2H3,(H,21,23)(H,22,24). The van der Waals surface area contributed by atoms with Crippen LogP contribution in [0.5, 0.6) is 0 Å². The van der Waals surface area contributed by atoms with Crippen LogP contribution < -0.4 is 10.6 Å². The van der Waals surface area contributed by atoms with Gasteiger partial charge in [0.1, 0.15) is 6.04 Å². The van der Waals surface area contributed by atoms with Gasteiger partial charge in [-0.15, -0.1) is 0 Å². The zero-order chi connectivity index (χ0) is 19.9. The van der Waals surface area contributed by atoms with Gasteiger partial charge in [-0.05, 0) is 31.0 Å². The molecule has 2 rings (SSSR count). The number of hydrogen-bond donors (Lipinski definition) is 2. The topological polar surface area (TPSA) is 92.3 Å². The maximum absolute atomic E-state index is 12.5. The third-order valence-corrected chi connectivity index (χ3v) is 5.96. The minimum absolute atomic E-state index is 0.0127. The monoisotopic (exact) mass is 388 g/mol. The summed E-state index contributed by atoms with van der Waals surface area (Å²) in [7, 11) is -3.55. The molecule has 7 heteroatoms. The molecule has 27 heavy (non-hydrogen) atoms. The Balaban J connectivity index is 2.05. The summed E-state index contributed by atoms with van der Waals surface area (Å²) < 4.78 is 24.8. The second-order valence-electron chi connectivity index (χ2n) is 6.21. The van der Waals surface area contributed by atoms with E-state index in [2.05, 4.69) is 10.6 Å². The van der Waals surface area contributed by atoms with E-state index in [4.69, 9.17) is 0 Å². The first kappa shape index (κ1) is 20.6. The number of nitrogens with one attached hydrogen (secondary N) is 2. The van der Waals surface area contributed by atoms with Crippen molar-refractivity contribution in [3.8, 4) is 0 Å². The van der Waals surface area contributed by atoms with Crippen LogP contribution in [0.3, 0.4) is 0 Å². The summed E-state index contributed by atoms with van der Waals surface area (Å²) in [5.41, 5.74) is 0.994. The highest BCUT2D eigenvalue weighted by Crippen LogP contribution is 2.18. The van der Waals surface area contributed by atoms with E-state index in [1.165, 1.54) is 12.1 Å². The van der Waals surface area contributed by atoms with Gasteiger partial charge in [0.25, 0.3) is 5.91 Å². The summed E-state index contributed by atoms with van der Waals surface area (Å²) in [5.74, 6) is -0.974. The van der Waals surface area contributed by atoms with Gasteiger partial charge < -0.3 is 10.6 Å². The molecule has 144 valence electrons. The summed E-state index contributed by atoms with van der Waals surface area (Å²) in [6.07, 6.45) is 0.455. The Morgan fingerprint density at radius 3 is 2.30 bits per heavy atom. The molecular formula is C20H24N2O4S. The van der Waals surface area contributed by atoms with Crippen molar-refractivity contribution in [2.45, 2.75) is 37.8 Å². The molecule has 0 aliphatic heterocycles. The highest BCUT2D eigenvalue weighted by atomic mass is 32.2. The van der Waals surface area contributed by atoms with Gasteiger partial charge in [0, 0.05) is 6.54 Å². The van der Waals surface area contributed by atoms with Crippen LogP contribution in [0, 0.1) is 0 Å². The lowest BCUT2D eigenvalue weighted by atomic mass is 10.2. The van der Waals surface area contributed by atoms with Gasteiger partial charge in [-0.25, -0.2) is 8.42 Å². The largest absolute Gasteiger partial charge is 0.350 e. The molecule has 0 spiro atoms. The zero-order valence-corrected chi connectivity index (χ0v) is 16.3. The van der Waals surface area contributed by atoms with E-state index >= 15 is 0 Å². The van der Waals surface area contributed by atoms with Crippen molar-refractivity contribution in [3.63, 3.8) is 0 Å². The fraction of sp³-hybridized carbons (Fsp3) is 0.300. The van der Waals surface area contributed by atoms with Crippen LogP contribution in [0.2, 0.25) is 0 Å². The molecule has 1 atom stereocenters. The van der Waals surface area contributed by atoms with E-state index in [9.17, 15) is 18.0 Å². The first-order valence-electron chi connectivity index (χ1n) is 8.79. The van der Waals surface area contributed by atoms with Crippen molar-refractivity contribution in [1.29, 1.82) is 0 Å². The molecule has 0 fully saturated rings. The number of carbonyl (C=O) groups excluding carboxylic acids is 2. The van der Waals surface area contributed by atoms with E-state index in [0.29, 0.717) is 13.0 Å². The van der Waals surface area contributed by atoms with Gasteiger partial charge in [-0.2, -0.15) is 0 Å². The molecule has 2 aromatic rings. The fourth-order valence-electron chi connectivity index (χ4n) is 2.58. The summed E-state index contributed by atoms with van der Waals surface area (Å²) in [6, 6.07) is 14.7.